The molecular formula is C11H16N2O3. The first-order valence-corrected chi connectivity index (χ1v) is 5.20. The van der Waals surface area contributed by atoms with Crippen LogP contribution >= 0.6 is 0 Å². The van der Waals surface area contributed by atoms with Crippen LogP contribution < -0.4 is 5.32 Å². The van der Waals surface area contributed by atoms with E-state index in [9.17, 15) is 9.59 Å². The molecule has 1 rings (SSSR count). The average Bonchev–Trinajstić information content (AvgIpc) is 2.81. The molecule has 0 atom stereocenters. The standard InChI is InChI=1S/C11H16N2O3/c1-3-13(2)10(14)6-7-12-11(15)9-5-4-8-16-9/h4-5,8H,3,6-7H2,1-2H3,(H,12,15). The number of carbonyl (C=O) groups is 2. The number of rotatable bonds is 5. The fourth-order valence-corrected chi connectivity index (χ4v) is 1.15. The Balaban J connectivity index is 2.26. The van der Waals surface area contributed by atoms with Crippen molar-refractivity contribution in [2.24, 2.45) is 0 Å². The van der Waals surface area contributed by atoms with E-state index in [2.05, 4.69) is 5.32 Å². The summed E-state index contributed by atoms with van der Waals surface area (Å²) in [5.41, 5.74) is 0. The van der Waals surface area contributed by atoms with Crippen LogP contribution in [0.2, 0.25) is 0 Å². The molecule has 0 fully saturated rings. The maximum atomic E-state index is 11.4. The van der Waals surface area contributed by atoms with Crippen LogP contribution in [0, 0.1) is 0 Å². The molecule has 0 radical (unpaired) electrons. The van der Waals surface area contributed by atoms with Crippen molar-refractivity contribution in [1.29, 1.82) is 0 Å². The van der Waals surface area contributed by atoms with Gasteiger partial charge in [0.1, 0.15) is 0 Å². The minimum atomic E-state index is -0.294. The van der Waals surface area contributed by atoms with E-state index >= 15 is 0 Å². The van der Waals surface area contributed by atoms with E-state index in [0.717, 1.165) is 0 Å². The van der Waals surface area contributed by atoms with Crippen LogP contribution in [0.3, 0.4) is 0 Å². The zero-order valence-electron chi connectivity index (χ0n) is 9.53. The summed E-state index contributed by atoms with van der Waals surface area (Å²) in [7, 11) is 1.73. The van der Waals surface area contributed by atoms with Crippen molar-refractivity contribution in [3.05, 3.63) is 24.2 Å². The molecule has 0 spiro atoms. The monoisotopic (exact) mass is 224 g/mol. The van der Waals surface area contributed by atoms with Crippen LogP contribution in [0.25, 0.3) is 0 Å². The van der Waals surface area contributed by atoms with Gasteiger partial charge in [0.2, 0.25) is 5.91 Å². The van der Waals surface area contributed by atoms with Crippen LogP contribution in [0.1, 0.15) is 23.9 Å². The Bertz CT molecular complexity index is 346. The minimum absolute atomic E-state index is 0.0160. The first kappa shape index (κ1) is 12.3. The largest absolute Gasteiger partial charge is 0.459 e. The molecule has 0 unspecified atom stereocenters. The van der Waals surface area contributed by atoms with E-state index < -0.39 is 0 Å². The Kier molecular flexibility index (Phi) is 4.57. The predicted octanol–water partition coefficient (Wildman–Crippen LogP) is 0.878. The van der Waals surface area contributed by atoms with Crippen molar-refractivity contribution in [3.8, 4) is 0 Å². The molecule has 0 aliphatic carbocycles. The van der Waals surface area contributed by atoms with Gasteiger partial charge in [-0.05, 0) is 19.1 Å². The van der Waals surface area contributed by atoms with Crippen LogP contribution in [0.5, 0.6) is 0 Å². The maximum absolute atomic E-state index is 11.4. The molecule has 0 aliphatic heterocycles. The normalized spacial score (nSPS) is 9.88. The lowest BCUT2D eigenvalue weighted by atomic mass is 10.3. The third-order valence-corrected chi connectivity index (χ3v) is 2.27. The summed E-state index contributed by atoms with van der Waals surface area (Å²) in [5.74, 6) is -0.0181. The third-order valence-electron chi connectivity index (χ3n) is 2.27. The van der Waals surface area contributed by atoms with Gasteiger partial charge in [-0.2, -0.15) is 0 Å². The lowest BCUT2D eigenvalue weighted by Gasteiger charge is -2.14. The lowest BCUT2D eigenvalue weighted by Crippen LogP contribution is -2.31. The highest BCUT2D eigenvalue weighted by atomic mass is 16.3. The van der Waals surface area contributed by atoms with Gasteiger partial charge in [-0.25, -0.2) is 0 Å². The van der Waals surface area contributed by atoms with Gasteiger partial charge in [-0.15, -0.1) is 0 Å². The molecular weight excluding hydrogens is 208 g/mol. The first-order valence-electron chi connectivity index (χ1n) is 5.20. The van der Waals surface area contributed by atoms with Crippen LogP contribution in [0.4, 0.5) is 0 Å². The van der Waals surface area contributed by atoms with Crippen LogP contribution in [0.15, 0.2) is 22.8 Å². The van der Waals surface area contributed by atoms with E-state index in [1.165, 1.54) is 6.26 Å². The lowest BCUT2D eigenvalue weighted by molar-refractivity contribution is -0.129. The summed E-state index contributed by atoms with van der Waals surface area (Å²) >= 11 is 0. The summed E-state index contributed by atoms with van der Waals surface area (Å²) in [4.78, 5) is 24.4. The Morgan fingerprint density at radius 3 is 2.81 bits per heavy atom. The van der Waals surface area contributed by atoms with Gasteiger partial charge in [-0.1, -0.05) is 0 Å². The Morgan fingerprint density at radius 1 is 1.50 bits per heavy atom. The number of furan rings is 1. The van der Waals surface area contributed by atoms with E-state index in [1.54, 1.807) is 24.1 Å². The molecule has 5 nitrogen and oxygen atoms in total. The SMILES string of the molecule is CCN(C)C(=O)CCNC(=O)c1ccco1. The van der Waals surface area contributed by atoms with Crippen molar-refractivity contribution in [2.45, 2.75) is 13.3 Å². The maximum Gasteiger partial charge on any atom is 0.286 e. The zero-order valence-corrected chi connectivity index (χ0v) is 9.53. The van der Waals surface area contributed by atoms with Gasteiger partial charge in [0, 0.05) is 26.6 Å². The molecule has 1 heterocycles. The Labute approximate surface area is 94.4 Å². The number of nitrogens with zero attached hydrogens (tertiary/aromatic N) is 1. The Morgan fingerprint density at radius 2 is 2.25 bits per heavy atom. The fraction of sp³-hybridized carbons (Fsp3) is 0.455. The summed E-state index contributed by atoms with van der Waals surface area (Å²) < 4.78 is 4.91. The molecule has 1 N–H and O–H groups in total. The van der Waals surface area contributed by atoms with Crippen molar-refractivity contribution in [3.63, 3.8) is 0 Å². The van der Waals surface area contributed by atoms with Crippen molar-refractivity contribution in [1.82, 2.24) is 10.2 Å². The molecule has 5 heteroatoms. The average molecular weight is 224 g/mol. The number of nitrogens with one attached hydrogen (secondary N) is 1. The van der Waals surface area contributed by atoms with Gasteiger partial charge in [0.05, 0.1) is 6.26 Å². The van der Waals surface area contributed by atoms with E-state index in [0.29, 0.717) is 19.5 Å². The number of amides is 2. The van der Waals surface area contributed by atoms with Crippen LogP contribution in [-0.4, -0.2) is 36.9 Å². The molecule has 1 aromatic rings. The molecule has 0 aromatic carbocycles. The Hall–Kier alpha value is -1.78. The highest BCUT2D eigenvalue weighted by Crippen LogP contribution is 1.99. The van der Waals surface area contributed by atoms with E-state index in [-0.39, 0.29) is 17.6 Å². The smallest absolute Gasteiger partial charge is 0.286 e. The highest BCUT2D eigenvalue weighted by Gasteiger charge is 2.10. The summed E-state index contributed by atoms with van der Waals surface area (Å²) in [6, 6.07) is 3.22. The highest BCUT2D eigenvalue weighted by molar-refractivity contribution is 5.91. The summed E-state index contributed by atoms with van der Waals surface area (Å²) in [6.07, 6.45) is 1.74. The molecule has 0 saturated heterocycles. The fourth-order valence-electron chi connectivity index (χ4n) is 1.15. The molecule has 88 valence electrons. The molecule has 0 saturated carbocycles. The molecule has 2 amide bonds. The number of carbonyl (C=O) groups excluding carboxylic acids is 2. The minimum Gasteiger partial charge on any atom is -0.459 e. The van der Waals surface area contributed by atoms with E-state index in [4.69, 9.17) is 4.42 Å². The summed E-state index contributed by atoms with van der Waals surface area (Å²) in [6.45, 7) is 2.90. The van der Waals surface area contributed by atoms with Crippen molar-refractivity contribution >= 4 is 11.8 Å². The topological polar surface area (TPSA) is 62.6 Å². The van der Waals surface area contributed by atoms with Crippen molar-refractivity contribution in [2.75, 3.05) is 20.1 Å². The summed E-state index contributed by atoms with van der Waals surface area (Å²) in [5, 5.41) is 2.61. The van der Waals surface area contributed by atoms with Gasteiger partial charge in [0.25, 0.3) is 5.91 Å². The molecule has 0 bridgehead atoms. The second kappa shape index (κ2) is 5.95. The second-order valence-electron chi connectivity index (χ2n) is 3.39. The second-order valence-corrected chi connectivity index (χ2v) is 3.39. The first-order chi connectivity index (χ1) is 7.65. The van der Waals surface area contributed by atoms with Gasteiger partial charge < -0.3 is 14.6 Å². The van der Waals surface area contributed by atoms with Gasteiger partial charge >= 0.3 is 0 Å². The predicted molar refractivity (Wildman–Crippen MR) is 59.0 cm³/mol. The number of hydrogen-bond donors (Lipinski definition) is 1. The third kappa shape index (κ3) is 3.42. The quantitative estimate of drug-likeness (QED) is 0.807. The molecule has 1 aromatic heterocycles. The van der Waals surface area contributed by atoms with Crippen LogP contribution in [-0.2, 0) is 4.79 Å². The van der Waals surface area contributed by atoms with Gasteiger partial charge in [-0.3, -0.25) is 9.59 Å². The number of hydrogen-bond acceptors (Lipinski definition) is 3. The van der Waals surface area contributed by atoms with Crippen molar-refractivity contribution < 1.29 is 14.0 Å². The molecule has 0 aliphatic rings. The van der Waals surface area contributed by atoms with E-state index in [1.807, 2.05) is 6.92 Å². The molecule has 16 heavy (non-hydrogen) atoms. The van der Waals surface area contributed by atoms with Gasteiger partial charge in [0.15, 0.2) is 5.76 Å². The zero-order chi connectivity index (χ0) is 12.0.